The molecule has 6 rings (SSSR count). The molecule has 2 saturated heterocycles. The van der Waals surface area contributed by atoms with Crippen LogP contribution in [0.15, 0.2) is 97.1 Å². The normalized spacial score (nSPS) is 14.8. The van der Waals surface area contributed by atoms with Gasteiger partial charge in [-0.2, -0.15) is 8.78 Å². The highest BCUT2D eigenvalue weighted by molar-refractivity contribution is 6.00. The first-order chi connectivity index (χ1) is 31.7. The van der Waals surface area contributed by atoms with Crippen molar-refractivity contribution in [2.75, 3.05) is 75.2 Å². The van der Waals surface area contributed by atoms with E-state index in [9.17, 15) is 41.5 Å². The zero-order valence-corrected chi connectivity index (χ0v) is 39.1. The zero-order chi connectivity index (χ0) is 49.1. The molecule has 0 atom stereocenters. The summed E-state index contributed by atoms with van der Waals surface area (Å²) < 4.78 is 54.4. The van der Waals surface area contributed by atoms with Crippen LogP contribution in [0.25, 0.3) is 0 Å². The van der Waals surface area contributed by atoms with Crippen LogP contribution in [-0.4, -0.2) is 132 Å². The minimum atomic E-state index is -3.24. The largest absolute Gasteiger partial charge is 0.344 e. The number of piperazine rings is 2. The Bertz CT molecular complexity index is 2330. The number of halogens is 4. The molecule has 0 bridgehead atoms. The Morgan fingerprint density at radius 1 is 0.582 bits per heavy atom. The summed E-state index contributed by atoms with van der Waals surface area (Å²) in [5, 5.41) is 1.81. The van der Waals surface area contributed by atoms with Crippen molar-refractivity contribution in [1.82, 2.24) is 24.9 Å². The quantitative estimate of drug-likeness (QED) is 0.110. The van der Waals surface area contributed by atoms with Gasteiger partial charge in [0.15, 0.2) is 11.6 Å². The van der Waals surface area contributed by atoms with Gasteiger partial charge in [-0.15, -0.1) is 0 Å². The Hall–Kier alpha value is -6.17. The van der Waals surface area contributed by atoms with Crippen molar-refractivity contribution in [2.45, 2.75) is 72.1 Å². The second-order valence-electron chi connectivity index (χ2n) is 18.4. The molecule has 2 aliphatic heterocycles. The number of carbonyl (C=O) groups is 5. The van der Waals surface area contributed by atoms with E-state index >= 15 is 0 Å². The minimum absolute atomic E-state index is 0.00116. The molecule has 3 N–H and O–H groups in total. The molecule has 13 nitrogen and oxygen atoms in total. The molecule has 0 spiro atoms. The molecule has 2 aliphatic rings. The van der Waals surface area contributed by atoms with Gasteiger partial charge < -0.3 is 20.9 Å². The number of nitrogens with one attached hydrogen (secondary N) is 1. The summed E-state index contributed by atoms with van der Waals surface area (Å²) in [4.78, 5) is 73.2. The molecule has 5 amide bonds. The minimum Gasteiger partial charge on any atom is -0.344 e. The van der Waals surface area contributed by atoms with E-state index in [0.717, 1.165) is 32.2 Å². The van der Waals surface area contributed by atoms with Gasteiger partial charge in [0.05, 0.1) is 26.2 Å². The fourth-order valence-corrected chi connectivity index (χ4v) is 7.74. The summed E-state index contributed by atoms with van der Waals surface area (Å²) in [5.74, 6) is -3.83. The summed E-state index contributed by atoms with van der Waals surface area (Å²) in [6.45, 7) is 17.4. The summed E-state index contributed by atoms with van der Waals surface area (Å²) in [6.07, 6.45) is -3.24. The van der Waals surface area contributed by atoms with Crippen LogP contribution in [0.5, 0.6) is 0 Å². The van der Waals surface area contributed by atoms with Crippen molar-refractivity contribution in [3.63, 3.8) is 0 Å². The number of carbonyl (C=O) groups excluding carboxylic acids is 5. The first-order valence-electron chi connectivity index (χ1n) is 22.3. The lowest BCUT2D eigenvalue weighted by Crippen LogP contribution is -2.57. The number of benzene rings is 4. The van der Waals surface area contributed by atoms with Crippen LogP contribution in [0.4, 0.5) is 38.5 Å². The van der Waals surface area contributed by atoms with Crippen LogP contribution >= 0.6 is 0 Å². The van der Waals surface area contributed by atoms with Crippen molar-refractivity contribution in [3.8, 4) is 0 Å². The predicted octanol–water partition coefficient (Wildman–Crippen LogP) is 7.44. The van der Waals surface area contributed by atoms with Gasteiger partial charge in [-0.05, 0) is 77.9 Å². The van der Waals surface area contributed by atoms with Crippen molar-refractivity contribution in [2.24, 2.45) is 5.73 Å². The Labute approximate surface area is 390 Å². The first-order valence-corrected chi connectivity index (χ1v) is 22.3. The molecule has 4 aromatic rings. The Kier molecular flexibility index (Phi) is 17.8. The van der Waals surface area contributed by atoms with Gasteiger partial charge in [0.2, 0.25) is 0 Å². The number of para-hydroxylation sites is 2. The van der Waals surface area contributed by atoms with Gasteiger partial charge in [-0.25, -0.2) is 18.4 Å². The van der Waals surface area contributed by atoms with E-state index < -0.39 is 36.3 Å². The van der Waals surface area contributed by atoms with Crippen LogP contribution in [0.1, 0.15) is 73.4 Å². The van der Waals surface area contributed by atoms with E-state index in [2.05, 4.69) is 51.3 Å². The maximum absolute atomic E-state index is 15.0. The molecule has 2 heterocycles. The number of hydrogen-bond acceptors (Lipinski definition) is 8. The van der Waals surface area contributed by atoms with E-state index in [4.69, 9.17) is 5.73 Å². The molecule has 0 aliphatic carbocycles. The lowest BCUT2D eigenvalue weighted by atomic mass is 10.0. The number of nitrogens with zero attached hydrogens (tertiary/aromatic N) is 6. The van der Waals surface area contributed by atoms with Crippen LogP contribution in [-0.2, 0) is 17.9 Å². The number of rotatable bonds is 12. The monoisotopic (exact) mass is 930 g/mol. The van der Waals surface area contributed by atoms with Crippen molar-refractivity contribution in [1.29, 1.82) is 0 Å². The number of ketones is 2. The number of anilines is 2. The molecule has 360 valence electrons. The second-order valence-corrected chi connectivity index (χ2v) is 18.4. The van der Waals surface area contributed by atoms with Crippen LogP contribution < -0.4 is 20.9 Å². The fraction of sp³-hybridized carbons (Fsp3) is 0.420. The average molecular weight is 931 g/mol. The molecule has 0 aromatic heterocycles. The van der Waals surface area contributed by atoms with Crippen molar-refractivity contribution in [3.05, 3.63) is 131 Å². The summed E-state index contributed by atoms with van der Waals surface area (Å²) in [5.41, 5.74) is 7.44. The second kappa shape index (κ2) is 23.0. The van der Waals surface area contributed by atoms with Crippen LogP contribution in [0, 0.1) is 11.6 Å². The predicted molar refractivity (Wildman–Crippen MR) is 251 cm³/mol. The number of nitrogens with two attached hydrogens (primary N) is 1. The molecule has 0 unspecified atom stereocenters. The summed E-state index contributed by atoms with van der Waals surface area (Å²) in [6, 6.07) is 25.8. The topological polar surface area (TPSA) is 143 Å². The molecule has 17 heteroatoms. The van der Waals surface area contributed by atoms with E-state index in [1.54, 1.807) is 46.2 Å². The average Bonchev–Trinajstić information content (AvgIpc) is 3.31. The highest BCUT2D eigenvalue weighted by Crippen LogP contribution is 2.25. The number of urea groups is 2. The Morgan fingerprint density at radius 2 is 0.955 bits per heavy atom. The molecule has 2 fully saturated rings. The van der Waals surface area contributed by atoms with Gasteiger partial charge in [0.25, 0.3) is 5.91 Å². The van der Waals surface area contributed by atoms with Gasteiger partial charge in [0.1, 0.15) is 11.6 Å². The fourth-order valence-electron chi connectivity index (χ4n) is 7.74. The van der Waals surface area contributed by atoms with E-state index in [0.29, 0.717) is 43.1 Å². The van der Waals surface area contributed by atoms with Crippen molar-refractivity contribution >= 4 is 40.9 Å². The highest BCUT2D eigenvalue weighted by Gasteiger charge is 2.33. The SMILES string of the molecule is CC(C)(C)N1CCN(C(=O)N(Cc2ccc(C(=O)CN)cc2F)c2ccccc2)CC1.CC(C)(C)N1CCN(C(=O)N(Cc2ccc(C(=O)CNC(=O)C(F)F)cc2F)c2ccccc2)CC1. The molecule has 4 aromatic carbocycles. The Morgan fingerprint density at radius 3 is 1.28 bits per heavy atom. The van der Waals surface area contributed by atoms with E-state index in [1.165, 1.54) is 23.1 Å². The Balaban J connectivity index is 0.000000254. The highest BCUT2D eigenvalue weighted by atomic mass is 19.3. The smallest absolute Gasteiger partial charge is 0.324 e. The maximum atomic E-state index is 15.0. The molecular weight excluding hydrogens is 869 g/mol. The number of hydrogen-bond donors (Lipinski definition) is 2. The van der Waals surface area contributed by atoms with Gasteiger partial charge in [-0.1, -0.05) is 60.7 Å². The lowest BCUT2D eigenvalue weighted by molar-refractivity contribution is -0.131. The number of alkyl halides is 2. The third-order valence-electron chi connectivity index (χ3n) is 11.8. The number of amides is 5. The van der Waals surface area contributed by atoms with Crippen molar-refractivity contribution < 1.29 is 41.5 Å². The van der Waals surface area contributed by atoms with E-state index in [-0.39, 0.29) is 65.2 Å². The number of Topliss-reactive ketones (excluding diaryl/α,β-unsaturated/α-hetero) is 2. The third kappa shape index (κ3) is 14.2. The van der Waals surface area contributed by atoms with Crippen LogP contribution in [0.2, 0.25) is 0 Å². The first kappa shape index (κ1) is 51.8. The molecular formula is C50H62F4N8O5. The van der Waals surface area contributed by atoms with Crippen LogP contribution in [0.3, 0.4) is 0 Å². The summed E-state index contributed by atoms with van der Waals surface area (Å²) in [7, 11) is 0. The lowest BCUT2D eigenvalue weighted by Gasteiger charge is -2.43. The van der Waals surface area contributed by atoms with E-state index in [1.807, 2.05) is 46.6 Å². The molecule has 0 saturated carbocycles. The summed E-state index contributed by atoms with van der Waals surface area (Å²) >= 11 is 0. The van der Waals surface area contributed by atoms with Gasteiger partial charge >= 0.3 is 18.5 Å². The third-order valence-corrected chi connectivity index (χ3v) is 11.8. The molecule has 67 heavy (non-hydrogen) atoms. The maximum Gasteiger partial charge on any atom is 0.324 e. The van der Waals surface area contributed by atoms with Gasteiger partial charge in [0, 0.05) is 97.1 Å². The standard InChI is InChI=1S/C26H31F3N4O3.C24H31FN4O2/c1-26(2,3)32-13-11-31(12-14-32)25(36)33(20-7-5-4-6-8-20)17-19-10-9-18(15-21(19)27)22(34)16-30-24(35)23(28)29;1-24(2,3)28-13-11-27(12-14-28)23(31)29(20-7-5-4-6-8-20)17-19-10-9-18(15-21(19)25)22(30)16-26/h4-10,15,23H,11-14,16-17H2,1-3H3,(H,30,35);4-10,15H,11-14,16-17,26H2,1-3H3. The molecule has 0 radical (unpaired) electrons. The zero-order valence-electron chi connectivity index (χ0n) is 39.1. The van der Waals surface area contributed by atoms with Gasteiger partial charge in [-0.3, -0.25) is 34.0 Å².